The number of phenolic OH excluding ortho intramolecular Hbond substituents is 1. The van der Waals surface area contributed by atoms with Gasteiger partial charge in [-0.15, -0.1) is 0 Å². The van der Waals surface area contributed by atoms with E-state index in [0.29, 0.717) is 41.4 Å². The highest BCUT2D eigenvalue weighted by atomic mass is 16.7. The van der Waals surface area contributed by atoms with Gasteiger partial charge in [0.15, 0.2) is 6.29 Å². The molecule has 1 N–H and O–H groups in total. The number of rotatable bonds is 12. The normalized spacial score (nSPS) is 13.0. The van der Waals surface area contributed by atoms with Crippen LogP contribution in [0.1, 0.15) is 119 Å². The Bertz CT molecular complexity index is 1370. The van der Waals surface area contributed by atoms with Crippen molar-refractivity contribution in [3.8, 4) is 17.2 Å². The van der Waals surface area contributed by atoms with E-state index in [0.717, 1.165) is 25.0 Å². The quantitative estimate of drug-likeness (QED) is 0.0963. The number of ether oxygens (including phenoxy) is 3. The molecule has 0 amide bonds. The van der Waals surface area contributed by atoms with Gasteiger partial charge in [0.1, 0.15) is 17.2 Å². The molecule has 5 heteroatoms. The van der Waals surface area contributed by atoms with Gasteiger partial charge in [-0.1, -0.05) is 96.1 Å². The lowest BCUT2D eigenvalue weighted by Gasteiger charge is -2.15. The number of phenols is 1. The molecule has 0 aliphatic heterocycles. The molecule has 0 spiro atoms. The molecule has 4 rings (SSSR count). The number of esters is 1. The summed E-state index contributed by atoms with van der Waals surface area (Å²) in [6, 6.07) is 32.4. The van der Waals surface area contributed by atoms with Gasteiger partial charge in [0.25, 0.3) is 0 Å². The Balaban J connectivity index is 0.000000249. The molecule has 0 aliphatic carbocycles. The van der Waals surface area contributed by atoms with Crippen molar-refractivity contribution in [1.29, 1.82) is 0 Å². The first kappa shape index (κ1) is 38.1. The van der Waals surface area contributed by atoms with Crippen LogP contribution in [0.3, 0.4) is 0 Å². The van der Waals surface area contributed by atoms with Crippen molar-refractivity contribution in [1.82, 2.24) is 0 Å². The monoisotopic (exact) mass is 626 g/mol. The SMILES string of the molecule is CCC(C)c1ccc(O)cc1.CCC(C)c1ccc(OC(=O)c2ccccc2)cc1.CCOC(C)Oc1ccc(C(C)CC)cc1. The van der Waals surface area contributed by atoms with Gasteiger partial charge >= 0.3 is 5.97 Å². The third-order valence-electron chi connectivity index (χ3n) is 8.12. The zero-order valence-corrected chi connectivity index (χ0v) is 29.0. The summed E-state index contributed by atoms with van der Waals surface area (Å²) in [6.45, 7) is 17.7. The molecule has 5 nitrogen and oxygen atoms in total. The molecule has 0 heterocycles. The van der Waals surface area contributed by atoms with E-state index in [2.05, 4.69) is 53.7 Å². The van der Waals surface area contributed by atoms with Crippen LogP contribution >= 0.6 is 0 Å². The van der Waals surface area contributed by atoms with E-state index in [4.69, 9.17) is 19.3 Å². The summed E-state index contributed by atoms with van der Waals surface area (Å²) in [5, 5.41) is 9.01. The second kappa shape index (κ2) is 20.8. The van der Waals surface area contributed by atoms with Gasteiger partial charge in [0.05, 0.1) is 5.56 Å². The Hall–Kier alpha value is -4.09. The first-order valence-corrected chi connectivity index (χ1v) is 16.7. The van der Waals surface area contributed by atoms with Crippen molar-refractivity contribution in [3.63, 3.8) is 0 Å². The zero-order chi connectivity index (χ0) is 33.9. The number of aromatic hydroxyl groups is 1. The number of hydrogen-bond acceptors (Lipinski definition) is 5. The molecule has 248 valence electrons. The minimum atomic E-state index is -0.322. The zero-order valence-electron chi connectivity index (χ0n) is 29.0. The standard InChI is InChI=1S/C17H18O2.C14H22O2.C10H14O/c1-3-13(2)14-9-11-16(12-10-14)19-17(18)15-7-5-4-6-8-15;1-5-11(3)13-7-9-14(10-8-13)16-12(4)15-6-2;1-3-8(2)9-4-6-10(11)7-5-9/h4-13H,3H2,1-2H3;7-12H,5-6H2,1-4H3;4-8,11H,3H2,1-2H3. The summed E-state index contributed by atoms with van der Waals surface area (Å²) in [6.07, 6.45) is 3.23. The van der Waals surface area contributed by atoms with Crippen LogP contribution in [-0.4, -0.2) is 24.0 Å². The van der Waals surface area contributed by atoms with E-state index in [1.165, 1.54) is 16.7 Å². The topological polar surface area (TPSA) is 65.0 Å². The van der Waals surface area contributed by atoms with Gasteiger partial charge in [-0.05, 0) is 116 Å². The molecule has 4 aromatic carbocycles. The molecule has 0 radical (unpaired) electrons. The summed E-state index contributed by atoms with van der Waals surface area (Å²) < 4.78 is 16.3. The fraction of sp³-hybridized carbons (Fsp3) is 0.390. The van der Waals surface area contributed by atoms with E-state index < -0.39 is 0 Å². The first-order valence-electron chi connectivity index (χ1n) is 16.7. The van der Waals surface area contributed by atoms with Crippen molar-refractivity contribution in [2.24, 2.45) is 0 Å². The average molecular weight is 627 g/mol. The smallest absolute Gasteiger partial charge is 0.343 e. The lowest BCUT2D eigenvalue weighted by atomic mass is 9.99. The van der Waals surface area contributed by atoms with Gasteiger partial charge in [-0.25, -0.2) is 4.79 Å². The summed E-state index contributed by atoms with van der Waals surface area (Å²) >= 11 is 0. The maximum absolute atomic E-state index is 11.9. The molecular weight excluding hydrogens is 572 g/mol. The predicted molar refractivity (Wildman–Crippen MR) is 190 cm³/mol. The molecule has 0 aromatic heterocycles. The maximum Gasteiger partial charge on any atom is 0.343 e. The third kappa shape index (κ3) is 13.5. The van der Waals surface area contributed by atoms with Crippen molar-refractivity contribution in [3.05, 3.63) is 125 Å². The molecule has 4 atom stereocenters. The summed E-state index contributed by atoms with van der Waals surface area (Å²) in [4.78, 5) is 11.9. The van der Waals surface area contributed by atoms with E-state index in [-0.39, 0.29) is 12.3 Å². The largest absolute Gasteiger partial charge is 0.508 e. The van der Waals surface area contributed by atoms with Crippen LogP contribution in [-0.2, 0) is 4.74 Å². The van der Waals surface area contributed by atoms with Gasteiger partial charge in [-0.2, -0.15) is 0 Å². The second-order valence-electron chi connectivity index (χ2n) is 11.6. The second-order valence-corrected chi connectivity index (χ2v) is 11.6. The van der Waals surface area contributed by atoms with Crippen LogP contribution in [0.4, 0.5) is 0 Å². The van der Waals surface area contributed by atoms with E-state index >= 15 is 0 Å². The van der Waals surface area contributed by atoms with Crippen molar-refractivity contribution >= 4 is 5.97 Å². The van der Waals surface area contributed by atoms with Crippen LogP contribution in [0.2, 0.25) is 0 Å². The van der Waals surface area contributed by atoms with Crippen LogP contribution in [0, 0.1) is 0 Å². The number of carbonyl (C=O) groups excluding carboxylic acids is 1. The van der Waals surface area contributed by atoms with Crippen molar-refractivity contribution in [2.75, 3.05) is 6.61 Å². The van der Waals surface area contributed by atoms with Crippen molar-refractivity contribution in [2.45, 2.75) is 98.7 Å². The molecular formula is C41H54O5. The molecule has 4 aromatic rings. The highest BCUT2D eigenvalue weighted by Gasteiger charge is 2.09. The molecule has 46 heavy (non-hydrogen) atoms. The number of carbonyl (C=O) groups is 1. The van der Waals surface area contributed by atoms with Crippen LogP contribution < -0.4 is 9.47 Å². The average Bonchev–Trinajstić information content (AvgIpc) is 3.09. The number of hydrogen-bond donors (Lipinski definition) is 1. The molecule has 0 bridgehead atoms. The Morgan fingerprint density at radius 3 is 1.41 bits per heavy atom. The van der Waals surface area contributed by atoms with Gasteiger partial charge in [0, 0.05) is 6.61 Å². The molecule has 0 fully saturated rings. The van der Waals surface area contributed by atoms with E-state index in [9.17, 15) is 4.79 Å². The van der Waals surface area contributed by atoms with Crippen LogP contribution in [0.15, 0.2) is 103 Å². The molecule has 0 aliphatic rings. The van der Waals surface area contributed by atoms with Crippen molar-refractivity contribution < 1.29 is 24.1 Å². The predicted octanol–water partition coefficient (Wildman–Crippen LogP) is 11.3. The Kier molecular flexibility index (Phi) is 17.3. The van der Waals surface area contributed by atoms with Gasteiger partial charge < -0.3 is 19.3 Å². The molecule has 0 saturated heterocycles. The third-order valence-corrected chi connectivity index (χ3v) is 8.12. The minimum absolute atomic E-state index is 0.181. The highest BCUT2D eigenvalue weighted by Crippen LogP contribution is 2.24. The summed E-state index contributed by atoms with van der Waals surface area (Å²) in [5.74, 6) is 3.20. The van der Waals surface area contributed by atoms with Gasteiger partial charge in [0.2, 0.25) is 0 Å². The van der Waals surface area contributed by atoms with E-state index in [1.807, 2.05) is 80.6 Å². The summed E-state index contributed by atoms with van der Waals surface area (Å²) in [5.41, 5.74) is 4.49. The Morgan fingerprint density at radius 1 is 0.587 bits per heavy atom. The fourth-order valence-electron chi connectivity index (χ4n) is 4.45. The Morgan fingerprint density at radius 2 is 1.00 bits per heavy atom. The lowest BCUT2D eigenvalue weighted by Crippen LogP contribution is -2.15. The molecule has 0 saturated carbocycles. The van der Waals surface area contributed by atoms with Gasteiger partial charge in [-0.3, -0.25) is 0 Å². The summed E-state index contributed by atoms with van der Waals surface area (Å²) in [7, 11) is 0. The number of benzene rings is 4. The lowest BCUT2D eigenvalue weighted by molar-refractivity contribution is -0.0613. The van der Waals surface area contributed by atoms with E-state index in [1.54, 1.807) is 24.3 Å². The molecule has 4 unspecified atom stereocenters. The Labute approximate surface area is 277 Å². The van der Waals surface area contributed by atoms with Crippen LogP contribution in [0.25, 0.3) is 0 Å². The maximum atomic E-state index is 11.9. The first-order chi connectivity index (χ1) is 22.1. The minimum Gasteiger partial charge on any atom is -0.508 e. The highest BCUT2D eigenvalue weighted by molar-refractivity contribution is 5.90. The van der Waals surface area contributed by atoms with Crippen LogP contribution in [0.5, 0.6) is 17.2 Å². The fourth-order valence-corrected chi connectivity index (χ4v) is 4.45.